The second kappa shape index (κ2) is 4.14. The van der Waals surface area contributed by atoms with E-state index in [1.165, 1.54) is 12.3 Å². The molecule has 0 bridgehead atoms. The SMILES string of the molecule is CCN(N=O)C(=O)N[N+](=O)[O-]. The zero-order valence-corrected chi connectivity index (χ0v) is 5.68. The van der Waals surface area contributed by atoms with Crippen LogP contribution in [0.2, 0.25) is 0 Å². The number of nitro groups is 1. The topological polar surface area (TPSA) is 105 Å². The van der Waals surface area contributed by atoms with Gasteiger partial charge in [-0.15, -0.1) is 4.91 Å². The van der Waals surface area contributed by atoms with Gasteiger partial charge in [0, 0.05) is 6.54 Å². The minimum atomic E-state index is -1.15. The summed E-state index contributed by atoms with van der Waals surface area (Å²) in [6.45, 7) is 1.45. The van der Waals surface area contributed by atoms with Gasteiger partial charge in [0.2, 0.25) is 0 Å². The number of hydrogen-bond donors (Lipinski definition) is 1. The molecular formula is C3H6N4O4. The number of nitrogens with one attached hydrogen (secondary N) is 1. The normalized spacial score (nSPS) is 8.45. The number of carbonyl (C=O) groups is 1. The molecule has 0 saturated heterocycles. The Morgan fingerprint density at radius 3 is 2.64 bits per heavy atom. The fourth-order valence-corrected chi connectivity index (χ4v) is 0.374. The third kappa shape index (κ3) is 3.08. The first kappa shape index (κ1) is 9.27. The fraction of sp³-hybridized carbons (Fsp3) is 0.667. The maximum absolute atomic E-state index is 10.5. The zero-order chi connectivity index (χ0) is 8.85. The molecule has 0 fully saturated rings. The highest BCUT2D eigenvalue weighted by Crippen LogP contribution is 1.87. The first-order valence-corrected chi connectivity index (χ1v) is 2.67. The molecule has 0 rings (SSSR count). The number of nitroso groups, excluding NO2 is 1. The summed E-state index contributed by atoms with van der Waals surface area (Å²) in [7, 11) is 0. The van der Waals surface area contributed by atoms with E-state index < -0.39 is 11.1 Å². The van der Waals surface area contributed by atoms with Crippen molar-refractivity contribution in [2.24, 2.45) is 5.29 Å². The van der Waals surface area contributed by atoms with Gasteiger partial charge in [-0.1, -0.05) is 0 Å². The molecule has 0 spiro atoms. The van der Waals surface area contributed by atoms with Gasteiger partial charge in [0.15, 0.2) is 5.03 Å². The highest BCUT2D eigenvalue weighted by molar-refractivity contribution is 5.72. The smallest absolute Gasteiger partial charge is 0.241 e. The maximum Gasteiger partial charge on any atom is 0.398 e. The van der Waals surface area contributed by atoms with Crippen LogP contribution in [-0.4, -0.2) is 22.6 Å². The van der Waals surface area contributed by atoms with E-state index in [0.717, 1.165) is 0 Å². The number of amides is 2. The monoisotopic (exact) mass is 162 g/mol. The summed E-state index contributed by atoms with van der Waals surface area (Å²) in [5.41, 5.74) is 1.26. The Morgan fingerprint density at radius 2 is 2.36 bits per heavy atom. The van der Waals surface area contributed by atoms with E-state index >= 15 is 0 Å². The summed E-state index contributed by atoms with van der Waals surface area (Å²) in [5, 5.41) is 11.2. The van der Waals surface area contributed by atoms with E-state index in [1.807, 2.05) is 0 Å². The molecule has 2 amide bonds. The van der Waals surface area contributed by atoms with Gasteiger partial charge in [-0.2, -0.15) is 5.01 Å². The van der Waals surface area contributed by atoms with Crippen molar-refractivity contribution in [3.63, 3.8) is 0 Å². The van der Waals surface area contributed by atoms with Gasteiger partial charge in [-0.05, 0) is 12.3 Å². The first-order chi connectivity index (χ1) is 5.11. The number of hydrogen-bond acceptors (Lipinski definition) is 5. The molecule has 0 aliphatic carbocycles. The number of carbonyl (C=O) groups excluding carboxylic acids is 1. The van der Waals surface area contributed by atoms with E-state index in [0.29, 0.717) is 5.01 Å². The van der Waals surface area contributed by atoms with Crippen LogP contribution in [0.3, 0.4) is 0 Å². The molecule has 1 N–H and O–H groups in total. The molecule has 0 aliphatic rings. The molecule has 0 heterocycles. The Morgan fingerprint density at radius 1 is 1.82 bits per heavy atom. The van der Waals surface area contributed by atoms with Crippen molar-refractivity contribution in [2.75, 3.05) is 6.54 Å². The lowest BCUT2D eigenvalue weighted by Gasteiger charge is -2.05. The van der Waals surface area contributed by atoms with Crippen molar-refractivity contribution in [1.29, 1.82) is 0 Å². The van der Waals surface area contributed by atoms with Crippen LogP contribution in [0, 0.1) is 15.0 Å². The van der Waals surface area contributed by atoms with Crippen LogP contribution in [0.4, 0.5) is 4.79 Å². The van der Waals surface area contributed by atoms with E-state index in [-0.39, 0.29) is 6.54 Å². The molecule has 8 nitrogen and oxygen atoms in total. The molecular weight excluding hydrogens is 156 g/mol. The third-order valence-electron chi connectivity index (χ3n) is 0.819. The van der Waals surface area contributed by atoms with Crippen LogP contribution in [0.5, 0.6) is 0 Å². The largest absolute Gasteiger partial charge is 0.398 e. The van der Waals surface area contributed by atoms with Crippen LogP contribution < -0.4 is 5.43 Å². The summed E-state index contributed by atoms with van der Waals surface area (Å²) in [4.78, 5) is 29.9. The molecule has 0 aromatic carbocycles. The highest BCUT2D eigenvalue weighted by Gasteiger charge is 2.15. The molecule has 0 atom stereocenters. The van der Waals surface area contributed by atoms with Crippen LogP contribution in [0.15, 0.2) is 5.29 Å². The van der Waals surface area contributed by atoms with E-state index in [2.05, 4.69) is 5.29 Å². The Bertz CT molecular complexity index is 180. The maximum atomic E-state index is 10.5. The summed E-state index contributed by atoms with van der Waals surface area (Å²) < 4.78 is 0. The summed E-state index contributed by atoms with van der Waals surface area (Å²) in [6.07, 6.45) is 0. The average molecular weight is 162 g/mol. The van der Waals surface area contributed by atoms with Gasteiger partial charge in [-0.3, -0.25) is 0 Å². The fourth-order valence-electron chi connectivity index (χ4n) is 0.374. The lowest BCUT2D eigenvalue weighted by molar-refractivity contribution is -0.528. The van der Waals surface area contributed by atoms with Crippen molar-refractivity contribution in [3.05, 3.63) is 15.0 Å². The molecule has 0 aromatic rings. The molecule has 0 radical (unpaired) electrons. The molecule has 0 aromatic heterocycles. The van der Waals surface area contributed by atoms with Crippen molar-refractivity contribution >= 4 is 6.03 Å². The first-order valence-electron chi connectivity index (χ1n) is 2.67. The van der Waals surface area contributed by atoms with Gasteiger partial charge in [0.05, 0.1) is 5.29 Å². The van der Waals surface area contributed by atoms with Gasteiger partial charge in [-0.25, -0.2) is 14.9 Å². The minimum absolute atomic E-state index is 0.0107. The standard InChI is InChI=1S/C3H6N4O4/c1-2-6(5-9)3(8)4-7(10)11/h2H2,1H3,(H,4,8). The molecule has 0 aliphatic heterocycles. The Balaban J connectivity index is 3.99. The van der Waals surface area contributed by atoms with Gasteiger partial charge < -0.3 is 0 Å². The number of urea groups is 1. The van der Waals surface area contributed by atoms with Gasteiger partial charge in [0.1, 0.15) is 0 Å². The van der Waals surface area contributed by atoms with Gasteiger partial charge >= 0.3 is 6.03 Å². The summed E-state index contributed by atoms with van der Waals surface area (Å²) in [5.74, 6) is 0. The van der Waals surface area contributed by atoms with E-state index in [1.54, 1.807) is 0 Å². The van der Waals surface area contributed by atoms with Crippen LogP contribution in [0.25, 0.3) is 0 Å². The van der Waals surface area contributed by atoms with Crippen LogP contribution in [-0.2, 0) is 0 Å². The van der Waals surface area contributed by atoms with Crippen LogP contribution in [0.1, 0.15) is 6.92 Å². The molecule has 11 heavy (non-hydrogen) atoms. The Kier molecular flexibility index (Phi) is 3.49. The van der Waals surface area contributed by atoms with E-state index in [9.17, 15) is 19.8 Å². The van der Waals surface area contributed by atoms with Crippen molar-refractivity contribution in [1.82, 2.24) is 10.4 Å². The van der Waals surface area contributed by atoms with E-state index in [4.69, 9.17) is 0 Å². The number of nitrogens with zero attached hydrogens (tertiary/aromatic N) is 3. The second-order valence-electron chi connectivity index (χ2n) is 1.47. The highest BCUT2D eigenvalue weighted by atomic mass is 16.7. The van der Waals surface area contributed by atoms with Crippen molar-refractivity contribution in [3.8, 4) is 0 Å². The Labute approximate surface area is 61.2 Å². The van der Waals surface area contributed by atoms with Gasteiger partial charge in [0.25, 0.3) is 0 Å². The second-order valence-corrected chi connectivity index (χ2v) is 1.47. The molecule has 8 heteroatoms. The zero-order valence-electron chi connectivity index (χ0n) is 5.68. The van der Waals surface area contributed by atoms with Crippen molar-refractivity contribution in [2.45, 2.75) is 6.92 Å². The predicted octanol–water partition coefficient (Wildman–Crippen LogP) is -0.109. The summed E-state index contributed by atoms with van der Waals surface area (Å²) >= 11 is 0. The number of rotatable bonds is 3. The number of hydrazine groups is 1. The average Bonchev–Trinajstić information content (AvgIpc) is 1.88. The Hall–Kier alpha value is -1.73. The molecule has 0 unspecified atom stereocenters. The van der Waals surface area contributed by atoms with Crippen LogP contribution >= 0.6 is 0 Å². The van der Waals surface area contributed by atoms with Crippen molar-refractivity contribution < 1.29 is 9.83 Å². The predicted molar refractivity (Wildman–Crippen MR) is 33.7 cm³/mol. The summed E-state index contributed by atoms with van der Waals surface area (Å²) in [6, 6.07) is -1.15. The molecule has 0 saturated carbocycles. The lowest BCUT2D eigenvalue weighted by atomic mass is 10.7. The quantitative estimate of drug-likeness (QED) is 0.355. The third-order valence-corrected chi connectivity index (χ3v) is 0.819. The lowest BCUT2D eigenvalue weighted by Crippen LogP contribution is -2.39. The minimum Gasteiger partial charge on any atom is -0.241 e. The molecule has 62 valence electrons.